The van der Waals surface area contributed by atoms with Gasteiger partial charge in [0.25, 0.3) is 5.56 Å². The van der Waals surface area contributed by atoms with Gasteiger partial charge in [-0.3, -0.25) is 4.79 Å². The third-order valence-corrected chi connectivity index (χ3v) is 3.82. The quantitative estimate of drug-likeness (QED) is 0.811. The summed E-state index contributed by atoms with van der Waals surface area (Å²) < 4.78 is 6.90. The maximum absolute atomic E-state index is 12.1. The van der Waals surface area contributed by atoms with E-state index in [0.29, 0.717) is 5.92 Å². The third-order valence-electron chi connectivity index (χ3n) is 3.82. The third kappa shape index (κ3) is 2.96. The first kappa shape index (κ1) is 12.6. The Morgan fingerprint density at radius 3 is 2.95 bits per heavy atom. The number of hydrogen-bond acceptors (Lipinski definition) is 5. The second-order valence-corrected chi connectivity index (χ2v) is 5.19. The predicted molar refractivity (Wildman–Crippen MR) is 72.5 cm³/mol. The van der Waals surface area contributed by atoms with Gasteiger partial charge < -0.3 is 15.0 Å². The van der Waals surface area contributed by atoms with Crippen molar-refractivity contribution in [3.05, 3.63) is 22.6 Å². The highest BCUT2D eigenvalue weighted by Crippen LogP contribution is 2.13. The topological polar surface area (TPSA) is 59.4 Å². The molecule has 6 nitrogen and oxygen atoms in total. The van der Waals surface area contributed by atoms with Gasteiger partial charge in [0.05, 0.1) is 25.1 Å². The summed E-state index contributed by atoms with van der Waals surface area (Å²) in [6.45, 7) is 5.85. The molecule has 3 rings (SSSR count). The Labute approximate surface area is 112 Å². The Morgan fingerprint density at radius 2 is 2.26 bits per heavy atom. The van der Waals surface area contributed by atoms with Crippen molar-refractivity contribution in [1.82, 2.24) is 15.1 Å². The van der Waals surface area contributed by atoms with E-state index >= 15 is 0 Å². The lowest BCUT2D eigenvalue weighted by Gasteiger charge is -2.28. The number of hydrogen-bond donors (Lipinski definition) is 1. The molecule has 6 heteroatoms. The van der Waals surface area contributed by atoms with E-state index in [1.165, 1.54) is 0 Å². The molecule has 104 valence electrons. The summed E-state index contributed by atoms with van der Waals surface area (Å²) >= 11 is 0. The first-order valence-electron chi connectivity index (χ1n) is 6.93. The zero-order chi connectivity index (χ0) is 13.1. The van der Waals surface area contributed by atoms with Crippen LogP contribution in [0.25, 0.3) is 0 Å². The summed E-state index contributed by atoms with van der Waals surface area (Å²) in [4.78, 5) is 14.2. The van der Waals surface area contributed by atoms with E-state index in [9.17, 15) is 4.79 Å². The Morgan fingerprint density at radius 1 is 1.42 bits per heavy atom. The highest BCUT2D eigenvalue weighted by molar-refractivity contribution is 5.43. The van der Waals surface area contributed by atoms with Crippen LogP contribution in [0.4, 0.5) is 5.69 Å². The number of morpholine rings is 1. The van der Waals surface area contributed by atoms with E-state index < -0.39 is 0 Å². The largest absolute Gasteiger partial charge is 0.378 e. The molecule has 1 aromatic heterocycles. The maximum atomic E-state index is 12.1. The van der Waals surface area contributed by atoms with Gasteiger partial charge in [0, 0.05) is 25.7 Å². The molecule has 0 bridgehead atoms. The lowest BCUT2D eigenvalue weighted by molar-refractivity contribution is 0.122. The zero-order valence-electron chi connectivity index (χ0n) is 11.0. The van der Waals surface area contributed by atoms with Gasteiger partial charge in [0.1, 0.15) is 0 Å². The van der Waals surface area contributed by atoms with Gasteiger partial charge in [0.15, 0.2) is 0 Å². The highest BCUT2D eigenvalue weighted by Gasteiger charge is 2.17. The second-order valence-electron chi connectivity index (χ2n) is 5.19. The fourth-order valence-electron chi connectivity index (χ4n) is 2.67. The van der Waals surface area contributed by atoms with Crippen molar-refractivity contribution in [3.8, 4) is 0 Å². The van der Waals surface area contributed by atoms with Crippen molar-refractivity contribution in [3.63, 3.8) is 0 Å². The van der Waals surface area contributed by atoms with Crippen LogP contribution >= 0.6 is 0 Å². The summed E-state index contributed by atoms with van der Waals surface area (Å²) in [5.74, 6) is 0.527. The Kier molecular flexibility index (Phi) is 3.79. The fourth-order valence-corrected chi connectivity index (χ4v) is 2.67. The molecule has 19 heavy (non-hydrogen) atoms. The molecule has 2 saturated heterocycles. The van der Waals surface area contributed by atoms with Crippen molar-refractivity contribution < 1.29 is 4.74 Å². The van der Waals surface area contributed by atoms with Crippen molar-refractivity contribution in [2.24, 2.45) is 5.92 Å². The first-order chi connectivity index (χ1) is 9.33. The Hall–Kier alpha value is -1.40. The van der Waals surface area contributed by atoms with Crippen LogP contribution in [0.2, 0.25) is 0 Å². The average Bonchev–Trinajstić information content (AvgIpc) is 2.95. The van der Waals surface area contributed by atoms with Crippen LogP contribution in [0.15, 0.2) is 17.1 Å². The molecule has 0 aliphatic carbocycles. The highest BCUT2D eigenvalue weighted by atomic mass is 16.5. The zero-order valence-corrected chi connectivity index (χ0v) is 11.0. The number of anilines is 1. The first-order valence-corrected chi connectivity index (χ1v) is 6.93. The van der Waals surface area contributed by atoms with Gasteiger partial charge in [-0.15, -0.1) is 0 Å². The molecule has 0 radical (unpaired) electrons. The van der Waals surface area contributed by atoms with Crippen molar-refractivity contribution in [2.75, 3.05) is 44.3 Å². The molecule has 3 heterocycles. The summed E-state index contributed by atoms with van der Waals surface area (Å²) in [6, 6.07) is 1.70. The monoisotopic (exact) mass is 264 g/mol. The maximum Gasteiger partial charge on any atom is 0.268 e. The molecule has 0 spiro atoms. The van der Waals surface area contributed by atoms with E-state index in [0.717, 1.165) is 58.0 Å². The van der Waals surface area contributed by atoms with E-state index in [4.69, 9.17) is 4.74 Å². The molecular formula is C13H20N4O2. The summed E-state index contributed by atoms with van der Waals surface area (Å²) in [5.41, 5.74) is 0.907. The van der Waals surface area contributed by atoms with Crippen molar-refractivity contribution in [1.29, 1.82) is 0 Å². The smallest absolute Gasteiger partial charge is 0.268 e. The molecule has 0 amide bonds. The number of nitrogens with zero attached hydrogens (tertiary/aromatic N) is 3. The predicted octanol–water partition coefficient (Wildman–Crippen LogP) is -0.311. The second kappa shape index (κ2) is 5.71. The van der Waals surface area contributed by atoms with Gasteiger partial charge in [-0.05, 0) is 25.4 Å². The molecule has 0 aromatic carbocycles. The Balaban J connectivity index is 1.71. The molecule has 2 aliphatic heterocycles. The van der Waals surface area contributed by atoms with Crippen LogP contribution in [0.1, 0.15) is 6.42 Å². The van der Waals surface area contributed by atoms with Crippen molar-refractivity contribution >= 4 is 5.69 Å². The molecule has 1 atom stereocenters. The van der Waals surface area contributed by atoms with Crippen molar-refractivity contribution in [2.45, 2.75) is 13.0 Å². The van der Waals surface area contributed by atoms with E-state index in [1.54, 1.807) is 16.9 Å². The van der Waals surface area contributed by atoms with Gasteiger partial charge in [-0.2, -0.15) is 5.10 Å². The number of aromatic nitrogens is 2. The van der Waals surface area contributed by atoms with Crippen LogP contribution in [-0.4, -0.2) is 49.2 Å². The van der Waals surface area contributed by atoms with E-state index in [1.807, 2.05) is 0 Å². The standard InChI is InChI=1S/C13H20N4O2/c18-13-7-12(16-3-5-19-6-4-16)9-15-17(13)10-11-1-2-14-8-11/h7,9,11,14H,1-6,8,10H2. The summed E-state index contributed by atoms with van der Waals surface area (Å²) in [7, 11) is 0. The molecule has 1 unspecified atom stereocenters. The summed E-state index contributed by atoms with van der Waals surface area (Å²) in [5, 5.41) is 7.62. The Bertz CT molecular complexity index is 476. The van der Waals surface area contributed by atoms with Crippen LogP contribution in [-0.2, 0) is 11.3 Å². The normalized spacial score (nSPS) is 23.8. The summed E-state index contributed by atoms with van der Waals surface area (Å²) in [6.07, 6.45) is 2.93. The van der Waals surface area contributed by atoms with Gasteiger partial charge >= 0.3 is 0 Å². The van der Waals surface area contributed by atoms with E-state index in [-0.39, 0.29) is 5.56 Å². The minimum Gasteiger partial charge on any atom is -0.378 e. The molecule has 1 aromatic rings. The lowest BCUT2D eigenvalue weighted by atomic mass is 10.1. The number of nitrogens with one attached hydrogen (secondary N) is 1. The molecular weight excluding hydrogens is 244 g/mol. The molecule has 2 fully saturated rings. The number of rotatable bonds is 3. The van der Waals surface area contributed by atoms with Crippen LogP contribution in [0.5, 0.6) is 0 Å². The molecule has 0 saturated carbocycles. The van der Waals surface area contributed by atoms with E-state index in [2.05, 4.69) is 15.3 Å². The number of ether oxygens (including phenoxy) is 1. The van der Waals surface area contributed by atoms with Gasteiger partial charge in [0.2, 0.25) is 0 Å². The lowest BCUT2D eigenvalue weighted by Crippen LogP contribution is -2.37. The SMILES string of the molecule is O=c1cc(N2CCOCC2)cnn1CC1CCNC1. The molecule has 1 N–H and O–H groups in total. The van der Waals surface area contributed by atoms with Gasteiger partial charge in [-0.25, -0.2) is 4.68 Å². The minimum atomic E-state index is -0.00380. The van der Waals surface area contributed by atoms with Gasteiger partial charge in [-0.1, -0.05) is 0 Å². The van der Waals surface area contributed by atoms with Crippen LogP contribution < -0.4 is 15.8 Å². The van der Waals surface area contributed by atoms with Crippen LogP contribution in [0, 0.1) is 5.92 Å². The fraction of sp³-hybridized carbons (Fsp3) is 0.692. The minimum absolute atomic E-state index is 0.00380. The van der Waals surface area contributed by atoms with Crippen LogP contribution in [0.3, 0.4) is 0 Å². The molecule has 2 aliphatic rings. The average molecular weight is 264 g/mol.